The quantitative estimate of drug-likeness (QED) is 0.828. The van der Waals surface area contributed by atoms with Crippen molar-refractivity contribution in [3.05, 3.63) is 77.4 Å². The molecule has 0 radical (unpaired) electrons. The number of fused-ring (bicyclic) bond motifs is 1. The summed E-state index contributed by atoms with van der Waals surface area (Å²) in [4.78, 5) is 28.2. The van der Waals surface area contributed by atoms with Crippen molar-refractivity contribution in [2.24, 2.45) is 0 Å². The second-order valence-corrected chi connectivity index (χ2v) is 7.06. The van der Waals surface area contributed by atoms with Crippen LogP contribution in [-0.2, 0) is 0 Å². The molecule has 1 atom stereocenters. The molecule has 128 valence electrons. The van der Waals surface area contributed by atoms with Crippen LogP contribution in [-0.4, -0.2) is 28.2 Å². The smallest absolute Gasteiger partial charge is 0.255 e. The minimum Gasteiger partial charge on any atom is -0.319 e. The number of hydrogen-bond acceptors (Lipinski definition) is 2. The van der Waals surface area contributed by atoms with Crippen molar-refractivity contribution in [2.45, 2.75) is 39.3 Å². The number of rotatable bonds is 3. The van der Waals surface area contributed by atoms with Crippen molar-refractivity contribution in [3.63, 3.8) is 0 Å². The van der Waals surface area contributed by atoms with E-state index < -0.39 is 5.54 Å². The fourth-order valence-electron chi connectivity index (χ4n) is 3.64. The summed E-state index contributed by atoms with van der Waals surface area (Å²) in [6.45, 7) is 11.9. The number of carbonyl (C=O) groups excluding carboxylic acids is 2. The number of nitrogens with zero attached hydrogens (tertiary/aromatic N) is 1. The van der Waals surface area contributed by atoms with Crippen LogP contribution in [0.1, 0.15) is 52.6 Å². The largest absolute Gasteiger partial charge is 0.319 e. The predicted molar refractivity (Wildman–Crippen MR) is 101 cm³/mol. The fourth-order valence-corrected chi connectivity index (χ4v) is 3.64. The third-order valence-corrected chi connectivity index (χ3v) is 5.05. The SMILES string of the molecule is C=C(c1ccc(C)cc1)C1(C)C(=O)c2ccccc2C(=O)N1C(C)C. The summed E-state index contributed by atoms with van der Waals surface area (Å²) in [5.41, 5.74) is 2.50. The number of carbonyl (C=O) groups is 2. The van der Waals surface area contributed by atoms with Gasteiger partial charge < -0.3 is 4.90 Å². The first kappa shape index (κ1) is 17.2. The average Bonchev–Trinajstić information content (AvgIpc) is 2.59. The molecule has 3 heteroatoms. The van der Waals surface area contributed by atoms with Crippen LogP contribution in [0.5, 0.6) is 0 Å². The zero-order valence-corrected chi connectivity index (χ0v) is 15.2. The molecule has 0 N–H and O–H groups in total. The second-order valence-electron chi connectivity index (χ2n) is 7.06. The molecule has 0 bridgehead atoms. The maximum absolute atomic E-state index is 13.4. The van der Waals surface area contributed by atoms with E-state index in [0.29, 0.717) is 16.7 Å². The molecule has 0 saturated heterocycles. The van der Waals surface area contributed by atoms with Gasteiger partial charge in [0.2, 0.25) is 0 Å². The number of aryl methyl sites for hydroxylation is 1. The van der Waals surface area contributed by atoms with Crippen molar-refractivity contribution in [2.75, 3.05) is 0 Å². The number of hydrogen-bond donors (Lipinski definition) is 0. The van der Waals surface area contributed by atoms with Gasteiger partial charge in [-0.05, 0) is 44.9 Å². The van der Waals surface area contributed by atoms with E-state index in [2.05, 4.69) is 6.58 Å². The Bertz CT molecular complexity index is 864. The maximum atomic E-state index is 13.4. The van der Waals surface area contributed by atoms with Gasteiger partial charge in [0.05, 0.1) is 5.56 Å². The molecule has 0 spiro atoms. The molecule has 3 rings (SSSR count). The number of benzene rings is 2. The lowest BCUT2D eigenvalue weighted by Crippen LogP contribution is -2.61. The summed E-state index contributed by atoms with van der Waals surface area (Å²) in [6.07, 6.45) is 0. The Hall–Kier alpha value is -2.68. The second kappa shape index (κ2) is 5.99. The van der Waals surface area contributed by atoms with Crippen LogP contribution in [0.2, 0.25) is 0 Å². The summed E-state index contributed by atoms with van der Waals surface area (Å²) in [5, 5.41) is 0. The third kappa shape index (κ3) is 2.51. The minimum atomic E-state index is -1.10. The Balaban J connectivity index is 2.20. The lowest BCUT2D eigenvalue weighted by Gasteiger charge is -2.47. The van der Waals surface area contributed by atoms with E-state index in [-0.39, 0.29) is 17.7 Å². The van der Waals surface area contributed by atoms with Gasteiger partial charge in [-0.15, -0.1) is 0 Å². The minimum absolute atomic E-state index is 0.0815. The van der Waals surface area contributed by atoms with E-state index >= 15 is 0 Å². The zero-order chi connectivity index (χ0) is 18.4. The highest BCUT2D eigenvalue weighted by atomic mass is 16.2. The summed E-state index contributed by atoms with van der Waals surface area (Å²) >= 11 is 0. The van der Waals surface area contributed by atoms with Gasteiger partial charge >= 0.3 is 0 Å². The molecule has 0 saturated carbocycles. The molecule has 2 aromatic rings. The highest BCUT2D eigenvalue weighted by Gasteiger charge is 2.51. The zero-order valence-electron chi connectivity index (χ0n) is 15.2. The predicted octanol–water partition coefficient (Wildman–Crippen LogP) is 4.51. The fraction of sp³-hybridized carbons (Fsp3) is 0.273. The lowest BCUT2D eigenvalue weighted by molar-refractivity contribution is 0.0433. The number of amides is 1. The molecule has 1 amide bonds. The van der Waals surface area contributed by atoms with Crippen molar-refractivity contribution in [3.8, 4) is 0 Å². The van der Waals surface area contributed by atoms with Crippen LogP contribution in [0.3, 0.4) is 0 Å². The Labute approximate surface area is 149 Å². The summed E-state index contributed by atoms with van der Waals surface area (Å²) in [7, 11) is 0. The van der Waals surface area contributed by atoms with E-state index in [1.165, 1.54) is 0 Å². The first-order chi connectivity index (χ1) is 11.8. The van der Waals surface area contributed by atoms with Crippen molar-refractivity contribution in [1.82, 2.24) is 4.90 Å². The highest BCUT2D eigenvalue weighted by Crippen LogP contribution is 2.40. The van der Waals surface area contributed by atoms with Crippen molar-refractivity contribution >= 4 is 17.3 Å². The van der Waals surface area contributed by atoms with Crippen LogP contribution in [0.4, 0.5) is 0 Å². The maximum Gasteiger partial charge on any atom is 0.255 e. The van der Waals surface area contributed by atoms with Crippen molar-refractivity contribution in [1.29, 1.82) is 0 Å². The molecule has 0 fully saturated rings. The van der Waals surface area contributed by atoms with Gasteiger partial charge in [0, 0.05) is 11.6 Å². The van der Waals surface area contributed by atoms with Gasteiger partial charge in [-0.2, -0.15) is 0 Å². The monoisotopic (exact) mass is 333 g/mol. The van der Waals surface area contributed by atoms with Gasteiger partial charge in [0.25, 0.3) is 5.91 Å². The summed E-state index contributed by atoms with van der Waals surface area (Å²) in [5.74, 6) is -0.206. The highest BCUT2D eigenvalue weighted by molar-refractivity contribution is 6.22. The Morgan fingerprint density at radius 1 is 1.00 bits per heavy atom. The topological polar surface area (TPSA) is 37.4 Å². The Kier molecular flexibility index (Phi) is 4.11. The normalized spacial score (nSPS) is 20.0. The molecule has 1 unspecified atom stereocenters. The third-order valence-electron chi connectivity index (χ3n) is 5.05. The molecule has 3 nitrogen and oxygen atoms in total. The molecular weight excluding hydrogens is 310 g/mol. The van der Waals surface area contributed by atoms with Crippen LogP contribution in [0.25, 0.3) is 5.57 Å². The van der Waals surface area contributed by atoms with Crippen LogP contribution >= 0.6 is 0 Å². The molecule has 2 aromatic carbocycles. The molecule has 1 heterocycles. The van der Waals surface area contributed by atoms with Crippen LogP contribution in [0, 0.1) is 6.92 Å². The Morgan fingerprint density at radius 3 is 2.12 bits per heavy atom. The van der Waals surface area contributed by atoms with Gasteiger partial charge in [-0.1, -0.05) is 54.6 Å². The molecule has 0 aliphatic carbocycles. The van der Waals surface area contributed by atoms with E-state index in [9.17, 15) is 9.59 Å². The summed E-state index contributed by atoms with van der Waals surface area (Å²) in [6, 6.07) is 14.8. The molecule has 1 aliphatic rings. The molecular formula is C22H23NO2. The lowest BCUT2D eigenvalue weighted by atomic mass is 9.75. The van der Waals surface area contributed by atoms with E-state index in [0.717, 1.165) is 11.1 Å². The van der Waals surface area contributed by atoms with Crippen LogP contribution < -0.4 is 0 Å². The van der Waals surface area contributed by atoms with Crippen molar-refractivity contribution < 1.29 is 9.59 Å². The Morgan fingerprint density at radius 2 is 1.56 bits per heavy atom. The first-order valence-electron chi connectivity index (χ1n) is 8.52. The van der Waals surface area contributed by atoms with E-state index in [1.807, 2.05) is 52.0 Å². The molecule has 25 heavy (non-hydrogen) atoms. The standard InChI is InChI=1S/C22H23NO2/c1-14(2)23-21(25)19-9-7-6-8-18(19)20(24)22(23,5)16(4)17-12-10-15(3)11-13-17/h6-14H,4H2,1-3,5H3. The van der Waals surface area contributed by atoms with Gasteiger partial charge in [-0.25, -0.2) is 0 Å². The van der Waals surface area contributed by atoms with Gasteiger partial charge in [-0.3, -0.25) is 9.59 Å². The van der Waals surface area contributed by atoms with Gasteiger partial charge in [0.1, 0.15) is 5.54 Å². The van der Waals surface area contributed by atoms with E-state index in [4.69, 9.17) is 0 Å². The van der Waals surface area contributed by atoms with Gasteiger partial charge in [0.15, 0.2) is 5.78 Å². The number of ketones is 1. The first-order valence-corrected chi connectivity index (χ1v) is 8.52. The molecule has 1 aliphatic heterocycles. The molecule has 0 aromatic heterocycles. The summed E-state index contributed by atoms with van der Waals surface area (Å²) < 4.78 is 0. The van der Waals surface area contributed by atoms with Crippen LogP contribution in [0.15, 0.2) is 55.1 Å². The number of Topliss-reactive ketones (excluding diaryl/α,β-unsaturated/α-hetero) is 1. The van der Waals surface area contributed by atoms with E-state index in [1.54, 1.807) is 29.2 Å². The average molecular weight is 333 g/mol.